The van der Waals surface area contributed by atoms with Gasteiger partial charge in [-0.15, -0.1) is 0 Å². The van der Waals surface area contributed by atoms with Crippen LogP contribution in [0.5, 0.6) is 0 Å². The lowest BCUT2D eigenvalue weighted by atomic mass is 9.41. The van der Waals surface area contributed by atoms with Crippen molar-refractivity contribution in [3.8, 4) is 0 Å². The van der Waals surface area contributed by atoms with E-state index in [-0.39, 0.29) is 57.8 Å². The van der Waals surface area contributed by atoms with Gasteiger partial charge in [-0.1, -0.05) is 34.6 Å². The van der Waals surface area contributed by atoms with Crippen molar-refractivity contribution in [1.29, 1.82) is 0 Å². The minimum absolute atomic E-state index is 0.00256. The smallest absolute Gasteiger partial charge is 0.220 e. The molecular formula is C45H77N5O7. The number of nitrogens with zero attached hydrogens (tertiary/aromatic N) is 3. The molecule has 3 heterocycles. The molecule has 0 aromatic carbocycles. The minimum Gasteiger partial charge on any atom is -0.390 e. The Hall–Kier alpha value is -1.25. The molecule has 7 fully saturated rings. The van der Waals surface area contributed by atoms with E-state index in [4.69, 9.17) is 18.9 Å². The fourth-order valence-corrected chi connectivity index (χ4v) is 15.1. The number of aliphatic hydroxyl groups is 2. The van der Waals surface area contributed by atoms with Crippen molar-refractivity contribution in [3.63, 3.8) is 0 Å². The number of rotatable bonds is 15. The molecule has 2 spiro atoms. The number of fused-ring (bicyclic) bond motifs is 4. The molecule has 2 saturated heterocycles. The lowest BCUT2D eigenvalue weighted by Gasteiger charge is -2.64. The van der Waals surface area contributed by atoms with Crippen LogP contribution in [0.3, 0.4) is 0 Å². The Kier molecular flexibility index (Phi) is 11.2. The van der Waals surface area contributed by atoms with Gasteiger partial charge < -0.3 is 39.8 Å². The zero-order valence-corrected chi connectivity index (χ0v) is 36.8. The molecule has 12 nitrogen and oxygen atoms in total. The topological polar surface area (TPSA) is 146 Å². The van der Waals surface area contributed by atoms with Gasteiger partial charge in [-0.3, -0.25) is 9.69 Å². The Morgan fingerprint density at radius 3 is 2.47 bits per heavy atom. The number of hydrogen-bond acceptors (Lipinski definition) is 11. The maximum absolute atomic E-state index is 12.7. The fourth-order valence-electron chi connectivity index (χ4n) is 15.1. The van der Waals surface area contributed by atoms with E-state index in [1.54, 1.807) is 0 Å². The van der Waals surface area contributed by atoms with E-state index >= 15 is 0 Å². The van der Waals surface area contributed by atoms with Crippen molar-refractivity contribution in [2.45, 2.75) is 175 Å². The Morgan fingerprint density at radius 2 is 1.75 bits per heavy atom. The summed E-state index contributed by atoms with van der Waals surface area (Å²) < 4.78 is 26.4. The highest BCUT2D eigenvalue weighted by atomic mass is 16.7. The molecule has 0 aromatic rings. The first-order chi connectivity index (χ1) is 26.9. The van der Waals surface area contributed by atoms with E-state index in [0.29, 0.717) is 61.7 Å². The van der Waals surface area contributed by atoms with Crippen molar-refractivity contribution in [2.75, 3.05) is 52.5 Å². The normalized spacial score (nSPS) is 45.8. The van der Waals surface area contributed by atoms with Gasteiger partial charge in [-0.25, -0.2) is 0 Å². The van der Waals surface area contributed by atoms with Crippen molar-refractivity contribution in [3.05, 3.63) is 0 Å². The van der Waals surface area contributed by atoms with Crippen molar-refractivity contribution in [1.82, 2.24) is 15.5 Å². The molecular weight excluding hydrogens is 723 g/mol. The highest BCUT2D eigenvalue weighted by Gasteiger charge is 2.84. The predicted molar refractivity (Wildman–Crippen MR) is 217 cm³/mol. The van der Waals surface area contributed by atoms with Crippen molar-refractivity contribution in [2.24, 2.45) is 61.0 Å². The number of hydrogen-bond donors (Lipinski definition) is 4. The molecule has 5 aliphatic carbocycles. The van der Waals surface area contributed by atoms with Crippen LogP contribution in [-0.2, 0) is 23.7 Å². The number of carbonyl (C=O) groups is 1. The Bertz CT molecular complexity index is 1520. The summed E-state index contributed by atoms with van der Waals surface area (Å²) in [6, 6.07) is 0. The fraction of sp³-hybridized carbons (Fsp3) is 0.978. The number of carbonyl (C=O) groups excluding carboxylic acids is 1. The summed E-state index contributed by atoms with van der Waals surface area (Å²) in [4.78, 5) is 14.6. The molecule has 4 unspecified atom stereocenters. The zero-order chi connectivity index (χ0) is 40.8. The molecule has 1 amide bonds. The third-order valence-electron chi connectivity index (χ3n) is 18.1. The first kappa shape index (κ1) is 42.4. The minimum atomic E-state index is -1.03. The van der Waals surface area contributed by atoms with Crippen LogP contribution in [0.15, 0.2) is 10.2 Å². The summed E-state index contributed by atoms with van der Waals surface area (Å²) in [5.74, 6) is 1.80. The van der Waals surface area contributed by atoms with E-state index in [9.17, 15) is 15.0 Å². The highest BCUT2D eigenvalue weighted by molar-refractivity contribution is 5.75. The molecule has 8 aliphatic rings. The standard InChI is InChI=1S/C45H77N5O7/c1-10-54-38(40(5,6)53)29-25-28(2)35-36(56-29)37(52)43(9)31-12-11-30-39(3,4)32(13-16-44(30)27-45(31,44)18-17-41(35,43)7)57-34-26-50(23-24-55-34)22-21-46-19-20-47-33(51)14-15-42(8)48-49-42/h28-32,34-38,46,52-53H,10-27H2,1-9H3,(H,47,51)/t28-,29?,30+,31?,32+,34+,35+,36?,37+,38+,41-,43-,44-,45?/m1/s1. The number of amides is 1. The lowest BCUT2D eigenvalue weighted by molar-refractivity contribution is -0.248. The quantitative estimate of drug-likeness (QED) is 0.154. The molecule has 8 rings (SSSR count). The molecule has 0 radical (unpaired) electrons. The van der Waals surface area contributed by atoms with Crippen LogP contribution in [0.4, 0.5) is 0 Å². The van der Waals surface area contributed by atoms with Gasteiger partial charge >= 0.3 is 0 Å². The second kappa shape index (κ2) is 15.0. The van der Waals surface area contributed by atoms with Gasteiger partial charge in [0.25, 0.3) is 0 Å². The maximum Gasteiger partial charge on any atom is 0.220 e. The molecule has 14 atom stereocenters. The van der Waals surface area contributed by atoms with Gasteiger partial charge in [0.05, 0.1) is 36.6 Å². The van der Waals surface area contributed by atoms with E-state index in [1.165, 1.54) is 25.7 Å². The first-order valence-electron chi connectivity index (χ1n) is 22.9. The third kappa shape index (κ3) is 6.98. The summed E-state index contributed by atoms with van der Waals surface area (Å²) in [6.45, 7) is 25.9. The molecule has 4 N–H and O–H groups in total. The average molecular weight is 800 g/mol. The van der Waals surface area contributed by atoms with Crippen molar-refractivity contribution >= 4 is 5.91 Å². The largest absolute Gasteiger partial charge is 0.390 e. The molecule has 0 bridgehead atoms. The van der Waals surface area contributed by atoms with Gasteiger partial charge in [-0.05, 0) is 124 Å². The highest BCUT2D eigenvalue weighted by Crippen LogP contribution is 2.89. The summed E-state index contributed by atoms with van der Waals surface area (Å²) >= 11 is 0. The van der Waals surface area contributed by atoms with E-state index in [2.05, 4.69) is 60.4 Å². The molecule has 57 heavy (non-hydrogen) atoms. The Morgan fingerprint density at radius 1 is 1.02 bits per heavy atom. The summed E-state index contributed by atoms with van der Waals surface area (Å²) in [6.07, 6.45) is 8.80. The molecule has 5 saturated carbocycles. The van der Waals surface area contributed by atoms with Gasteiger partial charge in [0.1, 0.15) is 6.10 Å². The molecule has 0 aromatic heterocycles. The van der Waals surface area contributed by atoms with E-state index in [1.807, 2.05) is 27.7 Å². The van der Waals surface area contributed by atoms with Crippen LogP contribution >= 0.6 is 0 Å². The zero-order valence-electron chi connectivity index (χ0n) is 36.8. The molecule has 3 aliphatic heterocycles. The van der Waals surface area contributed by atoms with Gasteiger partial charge in [-0.2, -0.15) is 10.2 Å². The van der Waals surface area contributed by atoms with E-state index < -0.39 is 17.8 Å². The number of ether oxygens (including phenoxy) is 4. The van der Waals surface area contributed by atoms with Crippen LogP contribution < -0.4 is 10.6 Å². The van der Waals surface area contributed by atoms with Gasteiger partial charge in [0.15, 0.2) is 12.0 Å². The SMILES string of the molecule is CCO[C@@H](C1C[C@@H](C)[C@H]2C(O1)[C@H](O)[C@@]1(C)C3CC[C@H]4C(C)(C)[C@@H](O[C@H]5CN(CCNCCNC(=O)CCC6(C)N=N6)CCO5)CC[C@@]45CC35CC[C@]21C)C(C)(C)O. The first-order valence-corrected chi connectivity index (χ1v) is 22.9. The maximum atomic E-state index is 12.7. The third-order valence-corrected chi connectivity index (χ3v) is 18.1. The predicted octanol–water partition coefficient (Wildman–Crippen LogP) is 5.69. The average Bonchev–Trinajstić information content (AvgIpc) is 4.05. The van der Waals surface area contributed by atoms with Crippen LogP contribution in [0, 0.1) is 50.7 Å². The van der Waals surface area contributed by atoms with Crippen LogP contribution in [0.1, 0.15) is 127 Å². The summed E-state index contributed by atoms with van der Waals surface area (Å²) in [5.41, 5.74) is -0.951. The number of nitrogens with one attached hydrogen (secondary N) is 2. The van der Waals surface area contributed by atoms with E-state index in [0.717, 1.165) is 58.4 Å². The number of morpholine rings is 1. The van der Waals surface area contributed by atoms with Gasteiger partial charge in [0, 0.05) is 64.1 Å². The number of aliphatic hydroxyl groups excluding tert-OH is 1. The van der Waals surface area contributed by atoms with Crippen LogP contribution in [0.25, 0.3) is 0 Å². The second-order valence-corrected chi connectivity index (χ2v) is 21.8. The van der Waals surface area contributed by atoms with Crippen molar-refractivity contribution < 1.29 is 34.0 Å². The monoisotopic (exact) mass is 800 g/mol. The Labute approximate surface area is 342 Å². The molecule has 12 heteroatoms. The summed E-state index contributed by atoms with van der Waals surface area (Å²) in [5, 5.41) is 38.2. The van der Waals surface area contributed by atoms with Gasteiger partial charge in [0.2, 0.25) is 5.91 Å². The Balaban J connectivity index is 0.869. The molecule has 324 valence electrons. The van der Waals surface area contributed by atoms with Crippen LogP contribution in [-0.4, -0.2) is 122 Å². The lowest BCUT2D eigenvalue weighted by Crippen LogP contribution is -2.60. The second-order valence-electron chi connectivity index (χ2n) is 21.8. The summed E-state index contributed by atoms with van der Waals surface area (Å²) in [7, 11) is 0. The van der Waals surface area contributed by atoms with Crippen LogP contribution in [0.2, 0.25) is 0 Å².